The normalized spacial score (nSPS) is 18.3. The van der Waals surface area contributed by atoms with Gasteiger partial charge in [0.2, 0.25) is 10.1 Å². The molecular formula is C8H11N5S. The van der Waals surface area contributed by atoms with E-state index in [0.717, 1.165) is 10.8 Å². The molecular weight excluding hydrogens is 198 g/mol. The van der Waals surface area contributed by atoms with Gasteiger partial charge in [-0.3, -0.25) is 0 Å². The van der Waals surface area contributed by atoms with Crippen LogP contribution in [-0.4, -0.2) is 19.8 Å². The number of aromatic nitrogens is 4. The number of nitrogens with zero attached hydrogens (tertiary/aromatic N) is 4. The first-order valence-corrected chi connectivity index (χ1v) is 5.64. The van der Waals surface area contributed by atoms with Crippen molar-refractivity contribution in [2.45, 2.75) is 31.6 Å². The molecule has 0 spiro atoms. The molecule has 0 radical (unpaired) electrons. The van der Waals surface area contributed by atoms with Gasteiger partial charge in [-0.25, -0.2) is 0 Å². The van der Waals surface area contributed by atoms with Gasteiger partial charge in [0.1, 0.15) is 0 Å². The van der Waals surface area contributed by atoms with Crippen molar-refractivity contribution in [1.29, 1.82) is 0 Å². The van der Waals surface area contributed by atoms with Crippen molar-refractivity contribution >= 4 is 21.4 Å². The average molecular weight is 209 g/mol. The predicted molar refractivity (Wildman–Crippen MR) is 54.3 cm³/mol. The second-order valence-electron chi connectivity index (χ2n) is 3.67. The lowest BCUT2D eigenvalue weighted by molar-refractivity contribution is 0.641. The van der Waals surface area contributed by atoms with Gasteiger partial charge in [-0.15, -0.1) is 15.3 Å². The first-order valence-electron chi connectivity index (χ1n) is 4.82. The zero-order valence-electron chi connectivity index (χ0n) is 7.68. The molecule has 1 aliphatic carbocycles. The van der Waals surface area contributed by atoms with Crippen molar-refractivity contribution in [3.05, 3.63) is 5.82 Å². The number of hydrogen-bond donors (Lipinski definition) is 1. The Morgan fingerprint density at radius 3 is 2.86 bits per heavy atom. The lowest BCUT2D eigenvalue weighted by Crippen LogP contribution is -2.01. The van der Waals surface area contributed by atoms with Crippen molar-refractivity contribution in [1.82, 2.24) is 19.8 Å². The van der Waals surface area contributed by atoms with E-state index in [1.807, 2.05) is 0 Å². The maximum absolute atomic E-state index is 5.62. The topological polar surface area (TPSA) is 69.1 Å². The van der Waals surface area contributed by atoms with Crippen molar-refractivity contribution < 1.29 is 0 Å². The highest BCUT2D eigenvalue weighted by atomic mass is 32.1. The molecule has 1 aliphatic rings. The van der Waals surface area contributed by atoms with Crippen molar-refractivity contribution in [3.8, 4) is 0 Å². The molecule has 6 heteroatoms. The molecule has 0 atom stereocenters. The maximum Gasteiger partial charge on any atom is 0.236 e. The molecule has 74 valence electrons. The van der Waals surface area contributed by atoms with Crippen LogP contribution in [-0.2, 0) is 0 Å². The summed E-state index contributed by atoms with van der Waals surface area (Å²) < 4.78 is 1.80. The van der Waals surface area contributed by atoms with Crippen molar-refractivity contribution in [2.24, 2.45) is 0 Å². The molecule has 0 unspecified atom stereocenters. The SMILES string of the molecule is Nc1nn2c(C3CCCC3)nnc2s1. The standard InChI is InChI=1S/C8H11N5S/c9-7-12-13-6(5-3-1-2-4-5)10-11-8(13)14-7/h5H,1-4H2,(H2,9,12). The molecule has 2 heterocycles. The number of nitrogens with two attached hydrogens (primary N) is 1. The average Bonchev–Trinajstić information content (AvgIpc) is 2.77. The summed E-state index contributed by atoms with van der Waals surface area (Å²) in [4.78, 5) is 0.810. The van der Waals surface area contributed by atoms with Gasteiger partial charge >= 0.3 is 0 Å². The summed E-state index contributed by atoms with van der Waals surface area (Å²) in [5.41, 5.74) is 5.62. The predicted octanol–water partition coefficient (Wildman–Crippen LogP) is 1.43. The van der Waals surface area contributed by atoms with Gasteiger partial charge < -0.3 is 5.73 Å². The van der Waals surface area contributed by atoms with E-state index in [1.54, 1.807) is 4.52 Å². The molecule has 3 rings (SSSR count). The quantitative estimate of drug-likeness (QED) is 0.771. The summed E-state index contributed by atoms with van der Waals surface area (Å²) in [6, 6.07) is 0. The number of rotatable bonds is 1. The number of hydrogen-bond acceptors (Lipinski definition) is 5. The fourth-order valence-corrected chi connectivity index (χ4v) is 2.70. The lowest BCUT2D eigenvalue weighted by Gasteiger charge is -2.02. The largest absolute Gasteiger partial charge is 0.374 e. The van der Waals surface area contributed by atoms with Crippen LogP contribution in [0.2, 0.25) is 0 Å². The summed E-state index contributed by atoms with van der Waals surface area (Å²) >= 11 is 1.39. The van der Waals surface area contributed by atoms with Crippen LogP contribution in [0.15, 0.2) is 0 Å². The monoisotopic (exact) mass is 209 g/mol. The summed E-state index contributed by atoms with van der Waals surface area (Å²) in [5, 5.41) is 13.0. The van der Waals surface area contributed by atoms with Crippen LogP contribution >= 0.6 is 11.3 Å². The Kier molecular flexibility index (Phi) is 1.70. The van der Waals surface area contributed by atoms with Crippen LogP contribution in [0.1, 0.15) is 37.4 Å². The smallest absolute Gasteiger partial charge is 0.236 e. The summed E-state index contributed by atoms with van der Waals surface area (Å²) in [7, 11) is 0. The van der Waals surface area contributed by atoms with Gasteiger partial charge in [-0.2, -0.15) is 4.52 Å². The molecule has 2 N–H and O–H groups in total. The van der Waals surface area contributed by atoms with E-state index >= 15 is 0 Å². The minimum Gasteiger partial charge on any atom is -0.374 e. The maximum atomic E-state index is 5.62. The Labute approximate surface area is 84.9 Å². The Bertz CT molecular complexity index is 453. The molecule has 5 nitrogen and oxygen atoms in total. The third-order valence-electron chi connectivity index (χ3n) is 2.75. The van der Waals surface area contributed by atoms with Crippen LogP contribution in [0.3, 0.4) is 0 Å². The van der Waals surface area contributed by atoms with E-state index in [4.69, 9.17) is 5.73 Å². The zero-order valence-corrected chi connectivity index (χ0v) is 8.50. The molecule has 0 bridgehead atoms. The first kappa shape index (κ1) is 8.16. The Morgan fingerprint density at radius 1 is 1.29 bits per heavy atom. The highest BCUT2D eigenvalue weighted by molar-refractivity contribution is 7.20. The van der Waals surface area contributed by atoms with Gasteiger partial charge in [0.25, 0.3) is 0 Å². The van der Waals surface area contributed by atoms with Gasteiger partial charge in [-0.1, -0.05) is 24.2 Å². The molecule has 14 heavy (non-hydrogen) atoms. The van der Waals surface area contributed by atoms with Crippen LogP contribution in [0, 0.1) is 0 Å². The number of fused-ring (bicyclic) bond motifs is 1. The van der Waals surface area contributed by atoms with Crippen LogP contribution in [0.25, 0.3) is 4.96 Å². The van der Waals surface area contributed by atoms with Gasteiger partial charge in [0.15, 0.2) is 5.82 Å². The van der Waals surface area contributed by atoms with Crippen LogP contribution < -0.4 is 5.73 Å². The molecule has 2 aromatic rings. The van der Waals surface area contributed by atoms with Gasteiger partial charge in [0.05, 0.1) is 0 Å². The molecule has 0 aliphatic heterocycles. The summed E-state index contributed by atoms with van der Waals surface area (Å²) in [6.45, 7) is 0. The molecule has 1 fully saturated rings. The highest BCUT2D eigenvalue weighted by Gasteiger charge is 2.23. The van der Waals surface area contributed by atoms with E-state index in [2.05, 4.69) is 15.3 Å². The highest BCUT2D eigenvalue weighted by Crippen LogP contribution is 2.33. The molecule has 1 saturated carbocycles. The van der Waals surface area contributed by atoms with E-state index in [9.17, 15) is 0 Å². The minimum atomic E-state index is 0.534. The molecule has 0 saturated heterocycles. The third-order valence-corrected chi connectivity index (χ3v) is 3.48. The number of anilines is 1. The first-order chi connectivity index (χ1) is 6.84. The van der Waals surface area contributed by atoms with E-state index < -0.39 is 0 Å². The minimum absolute atomic E-state index is 0.534. The van der Waals surface area contributed by atoms with Gasteiger partial charge in [-0.05, 0) is 12.8 Å². The van der Waals surface area contributed by atoms with Crippen molar-refractivity contribution in [2.75, 3.05) is 5.73 Å². The van der Waals surface area contributed by atoms with Crippen molar-refractivity contribution in [3.63, 3.8) is 0 Å². The molecule has 0 amide bonds. The fourth-order valence-electron chi connectivity index (χ4n) is 2.09. The Balaban J connectivity index is 2.10. The van der Waals surface area contributed by atoms with Gasteiger partial charge in [0, 0.05) is 5.92 Å². The third kappa shape index (κ3) is 1.10. The fraction of sp³-hybridized carbons (Fsp3) is 0.625. The van der Waals surface area contributed by atoms with E-state index in [-0.39, 0.29) is 0 Å². The summed E-state index contributed by atoms with van der Waals surface area (Å²) in [6.07, 6.45) is 4.99. The number of nitrogen functional groups attached to an aromatic ring is 1. The molecule has 2 aromatic heterocycles. The Morgan fingerprint density at radius 2 is 2.07 bits per heavy atom. The molecule has 0 aromatic carbocycles. The van der Waals surface area contributed by atoms with Crippen LogP contribution in [0.4, 0.5) is 5.13 Å². The lowest BCUT2D eigenvalue weighted by atomic mass is 10.1. The van der Waals surface area contributed by atoms with E-state index in [1.165, 1.54) is 37.0 Å². The van der Waals surface area contributed by atoms with E-state index in [0.29, 0.717) is 11.0 Å². The second-order valence-corrected chi connectivity index (χ2v) is 4.66. The summed E-state index contributed by atoms with van der Waals surface area (Å²) in [5.74, 6) is 1.52. The zero-order chi connectivity index (χ0) is 9.54. The van der Waals surface area contributed by atoms with Crippen LogP contribution in [0.5, 0.6) is 0 Å². The second kappa shape index (κ2) is 2.91. The Hall–Kier alpha value is -1.17.